The van der Waals surface area contributed by atoms with Gasteiger partial charge in [0, 0.05) is 28.0 Å². The smallest absolute Gasteiger partial charge is 0.269 e. The summed E-state index contributed by atoms with van der Waals surface area (Å²) in [4.78, 5) is 26.4. The van der Waals surface area contributed by atoms with E-state index in [1.807, 2.05) is 42.7 Å². The summed E-state index contributed by atoms with van der Waals surface area (Å²) in [5.74, 6) is -0.854. The zero-order valence-corrected chi connectivity index (χ0v) is 21.8. The first kappa shape index (κ1) is 24.8. The maximum Gasteiger partial charge on any atom is 0.269 e. The van der Waals surface area contributed by atoms with E-state index >= 15 is 0 Å². The Morgan fingerprint density at radius 2 is 1.76 bits per heavy atom. The molecule has 5 rings (SSSR count). The molecule has 0 radical (unpaired) electrons. The third-order valence-electron chi connectivity index (χ3n) is 6.35. The second kappa shape index (κ2) is 9.53. The van der Waals surface area contributed by atoms with E-state index in [9.17, 15) is 18.0 Å². The first-order valence-corrected chi connectivity index (χ1v) is 14.6. The summed E-state index contributed by atoms with van der Waals surface area (Å²) in [6, 6.07) is 19.4. The van der Waals surface area contributed by atoms with Crippen LogP contribution in [0.15, 0.2) is 76.5 Å². The molecule has 3 N–H and O–H groups in total. The maximum absolute atomic E-state index is 13.0. The maximum atomic E-state index is 13.0. The molecule has 0 bridgehead atoms. The summed E-state index contributed by atoms with van der Waals surface area (Å²) in [5.41, 5.74) is 10.9. The van der Waals surface area contributed by atoms with E-state index < -0.39 is 15.7 Å². The number of aryl methyl sites for hydroxylation is 1. The Hall–Kier alpha value is -3.89. The Morgan fingerprint density at radius 1 is 1.03 bits per heavy atom. The Kier molecular flexibility index (Phi) is 6.38. The molecule has 37 heavy (non-hydrogen) atoms. The number of hydrogen-bond acceptors (Lipinski definition) is 6. The molecule has 1 aliphatic carbocycles. The minimum absolute atomic E-state index is 0.177. The molecule has 3 aromatic carbocycles. The minimum Gasteiger partial charge on any atom is -0.364 e. The van der Waals surface area contributed by atoms with E-state index in [4.69, 9.17) is 5.73 Å². The predicted octanol–water partition coefficient (Wildman–Crippen LogP) is 4.11. The lowest BCUT2D eigenvalue weighted by atomic mass is 9.88. The molecule has 0 fully saturated rings. The molecular weight excluding hydrogens is 508 g/mol. The number of aromatic nitrogens is 2. The van der Waals surface area contributed by atoms with Crippen molar-refractivity contribution in [3.05, 3.63) is 89.1 Å². The van der Waals surface area contributed by atoms with Gasteiger partial charge in [-0.3, -0.25) is 9.59 Å². The second-order valence-corrected chi connectivity index (χ2v) is 11.6. The molecule has 0 saturated carbocycles. The average molecular weight is 533 g/mol. The van der Waals surface area contributed by atoms with Crippen molar-refractivity contribution in [2.24, 2.45) is 5.73 Å². The number of hydrogen-bond donors (Lipinski definition) is 2. The highest BCUT2D eigenvalue weighted by Gasteiger charge is 2.28. The number of nitrogens with two attached hydrogens (primary N) is 1. The van der Waals surface area contributed by atoms with Crippen LogP contribution in [0.1, 0.15) is 32.0 Å². The monoisotopic (exact) mass is 532 g/mol. The van der Waals surface area contributed by atoms with Gasteiger partial charge in [0.05, 0.1) is 21.8 Å². The summed E-state index contributed by atoms with van der Waals surface area (Å²) in [6.07, 6.45) is 4.33. The summed E-state index contributed by atoms with van der Waals surface area (Å²) in [6.45, 7) is 0. The SMILES string of the molecule is CSc1ccccc1C(=O)Nc1ccc2c(c1)-c1c(c(C(N)=O)nn1-c1ccc(S(C)(=O)=O)cc1)CC2. The molecule has 1 aromatic heterocycles. The van der Waals surface area contributed by atoms with Gasteiger partial charge in [0.15, 0.2) is 15.5 Å². The van der Waals surface area contributed by atoms with Crippen molar-refractivity contribution < 1.29 is 18.0 Å². The van der Waals surface area contributed by atoms with Crippen LogP contribution in [0.25, 0.3) is 16.9 Å². The molecule has 4 aromatic rings. The van der Waals surface area contributed by atoms with E-state index in [0.717, 1.165) is 27.8 Å². The normalized spacial score (nSPS) is 12.5. The lowest BCUT2D eigenvalue weighted by molar-refractivity contribution is 0.0992. The molecule has 8 nitrogen and oxygen atoms in total. The lowest BCUT2D eigenvalue weighted by Crippen LogP contribution is -2.16. The van der Waals surface area contributed by atoms with E-state index in [2.05, 4.69) is 10.4 Å². The summed E-state index contributed by atoms with van der Waals surface area (Å²) in [7, 11) is -3.37. The van der Waals surface area contributed by atoms with Crippen LogP contribution < -0.4 is 11.1 Å². The number of carbonyl (C=O) groups is 2. The quantitative estimate of drug-likeness (QED) is 0.360. The van der Waals surface area contributed by atoms with Gasteiger partial charge >= 0.3 is 0 Å². The van der Waals surface area contributed by atoms with Gasteiger partial charge in [-0.15, -0.1) is 11.8 Å². The number of sulfone groups is 1. The highest BCUT2D eigenvalue weighted by atomic mass is 32.2. The van der Waals surface area contributed by atoms with Crippen molar-refractivity contribution in [3.63, 3.8) is 0 Å². The van der Waals surface area contributed by atoms with Crippen molar-refractivity contribution in [2.45, 2.75) is 22.6 Å². The number of nitrogens with zero attached hydrogens (tertiary/aromatic N) is 2. The molecular formula is C27H24N4O4S2. The number of amides is 2. The molecule has 0 aliphatic heterocycles. The topological polar surface area (TPSA) is 124 Å². The van der Waals surface area contributed by atoms with Gasteiger partial charge in [-0.25, -0.2) is 13.1 Å². The van der Waals surface area contributed by atoms with Crippen LogP contribution in [-0.2, 0) is 22.7 Å². The Balaban J connectivity index is 1.60. The van der Waals surface area contributed by atoms with Gasteiger partial charge in [0.2, 0.25) is 0 Å². The summed E-state index contributed by atoms with van der Waals surface area (Å²) in [5, 5.41) is 7.50. The van der Waals surface area contributed by atoms with Crippen LogP contribution in [0.2, 0.25) is 0 Å². The predicted molar refractivity (Wildman–Crippen MR) is 144 cm³/mol. The van der Waals surface area contributed by atoms with Gasteiger partial charge in [0.1, 0.15) is 0 Å². The zero-order chi connectivity index (χ0) is 26.3. The molecule has 0 atom stereocenters. The Labute approximate surface area is 218 Å². The fourth-order valence-corrected chi connectivity index (χ4v) is 5.79. The van der Waals surface area contributed by atoms with Gasteiger partial charge in [-0.1, -0.05) is 18.2 Å². The van der Waals surface area contributed by atoms with Crippen molar-refractivity contribution in [1.29, 1.82) is 0 Å². The van der Waals surface area contributed by atoms with Crippen LogP contribution in [0.5, 0.6) is 0 Å². The van der Waals surface area contributed by atoms with Crippen LogP contribution in [0.4, 0.5) is 5.69 Å². The number of fused-ring (bicyclic) bond motifs is 3. The number of primary amides is 1. The van der Waals surface area contributed by atoms with Gasteiger partial charge < -0.3 is 11.1 Å². The van der Waals surface area contributed by atoms with Crippen LogP contribution in [0.3, 0.4) is 0 Å². The zero-order valence-electron chi connectivity index (χ0n) is 20.2. The Morgan fingerprint density at radius 3 is 2.43 bits per heavy atom. The van der Waals surface area contributed by atoms with Gasteiger partial charge in [-0.05, 0) is 73.2 Å². The van der Waals surface area contributed by atoms with Crippen LogP contribution >= 0.6 is 11.8 Å². The molecule has 0 saturated heterocycles. The van der Waals surface area contributed by atoms with Gasteiger partial charge in [-0.2, -0.15) is 5.10 Å². The minimum atomic E-state index is -3.37. The first-order chi connectivity index (χ1) is 17.7. The van der Waals surface area contributed by atoms with Crippen molar-refractivity contribution in [2.75, 3.05) is 17.8 Å². The van der Waals surface area contributed by atoms with Gasteiger partial charge in [0.25, 0.3) is 11.8 Å². The molecule has 1 heterocycles. The third kappa shape index (κ3) is 4.65. The number of carbonyl (C=O) groups excluding carboxylic acids is 2. The van der Waals surface area contributed by atoms with Crippen molar-refractivity contribution in [3.8, 4) is 16.9 Å². The second-order valence-electron chi connectivity index (χ2n) is 8.74. The largest absolute Gasteiger partial charge is 0.364 e. The molecule has 0 unspecified atom stereocenters. The van der Waals surface area contributed by atoms with E-state index in [0.29, 0.717) is 35.5 Å². The fourth-order valence-electron chi connectivity index (χ4n) is 4.57. The number of thioether (sulfide) groups is 1. The van der Waals surface area contributed by atoms with Crippen molar-refractivity contribution >= 4 is 39.1 Å². The highest BCUT2D eigenvalue weighted by molar-refractivity contribution is 7.98. The van der Waals surface area contributed by atoms with Crippen LogP contribution in [-0.4, -0.2) is 42.5 Å². The van der Waals surface area contributed by atoms with Crippen molar-refractivity contribution in [1.82, 2.24) is 9.78 Å². The molecule has 10 heteroatoms. The standard InChI is InChI=1S/C27H24N4O4S2/c1-36-23-6-4-3-5-20(23)27(33)29-17-9-7-16-8-14-21-24(26(28)32)30-31(25(21)22(16)15-17)18-10-12-19(13-11-18)37(2,34)35/h3-7,9-13,15H,8,14H2,1-2H3,(H2,28,32)(H,29,33). The lowest BCUT2D eigenvalue weighted by Gasteiger charge is -2.20. The number of nitrogens with one attached hydrogen (secondary N) is 1. The van der Waals surface area contributed by atoms with Crippen LogP contribution in [0, 0.1) is 0 Å². The number of rotatable bonds is 6. The number of anilines is 1. The first-order valence-electron chi connectivity index (χ1n) is 11.5. The van der Waals surface area contributed by atoms with E-state index in [1.54, 1.807) is 22.9 Å². The highest BCUT2D eigenvalue weighted by Crippen LogP contribution is 2.38. The summed E-state index contributed by atoms with van der Waals surface area (Å²) >= 11 is 1.50. The molecule has 2 amide bonds. The average Bonchev–Trinajstić information content (AvgIpc) is 3.29. The molecule has 1 aliphatic rings. The summed E-state index contributed by atoms with van der Waals surface area (Å²) < 4.78 is 25.5. The third-order valence-corrected chi connectivity index (χ3v) is 8.27. The van der Waals surface area contributed by atoms with E-state index in [1.165, 1.54) is 23.9 Å². The molecule has 0 spiro atoms. The number of benzene rings is 3. The molecule has 188 valence electrons. The Bertz CT molecular complexity index is 1660. The van der Waals surface area contributed by atoms with E-state index in [-0.39, 0.29) is 16.5 Å². The fraction of sp³-hybridized carbons (Fsp3) is 0.148.